The Balaban J connectivity index is 2.74. The third-order valence-electron chi connectivity index (χ3n) is 3.25. The predicted molar refractivity (Wildman–Crippen MR) is 88.0 cm³/mol. The Kier molecular flexibility index (Phi) is 6.41. The Hall–Kier alpha value is -0.470. The molecule has 0 aliphatic carbocycles. The second kappa shape index (κ2) is 7.35. The molecule has 0 fully saturated rings. The van der Waals surface area contributed by atoms with Gasteiger partial charge in [0, 0.05) is 22.7 Å². The van der Waals surface area contributed by atoms with Crippen molar-refractivity contribution in [3.63, 3.8) is 0 Å². The summed E-state index contributed by atoms with van der Waals surface area (Å²) in [6.45, 7) is 14.4. The molecule has 1 atom stereocenters. The van der Waals surface area contributed by atoms with Gasteiger partial charge in [-0.3, -0.25) is 0 Å². The van der Waals surface area contributed by atoms with E-state index in [2.05, 4.69) is 65.1 Å². The SMILES string of the molecule is CCC(C)CSc1ccc(C)cc1CNC(C)(C)C. The van der Waals surface area contributed by atoms with Crippen molar-refractivity contribution in [1.82, 2.24) is 5.32 Å². The number of rotatable bonds is 6. The first-order chi connectivity index (χ1) is 8.81. The van der Waals surface area contributed by atoms with Gasteiger partial charge in [0.2, 0.25) is 0 Å². The Morgan fingerprint density at radius 2 is 1.95 bits per heavy atom. The lowest BCUT2D eigenvalue weighted by Crippen LogP contribution is -2.35. The van der Waals surface area contributed by atoms with Crippen LogP contribution in [0.4, 0.5) is 0 Å². The van der Waals surface area contributed by atoms with E-state index in [4.69, 9.17) is 0 Å². The zero-order valence-electron chi connectivity index (χ0n) is 13.3. The first-order valence-corrected chi connectivity index (χ1v) is 8.27. The molecule has 1 aromatic carbocycles. The summed E-state index contributed by atoms with van der Waals surface area (Å²) in [6.07, 6.45) is 1.26. The molecule has 1 unspecified atom stereocenters. The van der Waals surface area contributed by atoms with Gasteiger partial charge in [-0.05, 0) is 45.2 Å². The average molecular weight is 279 g/mol. The molecule has 0 saturated carbocycles. The molecule has 0 aromatic heterocycles. The highest BCUT2D eigenvalue weighted by Crippen LogP contribution is 2.27. The summed E-state index contributed by atoms with van der Waals surface area (Å²) < 4.78 is 0. The zero-order valence-corrected chi connectivity index (χ0v) is 14.2. The summed E-state index contributed by atoms with van der Waals surface area (Å²) in [5, 5.41) is 3.59. The molecule has 19 heavy (non-hydrogen) atoms. The topological polar surface area (TPSA) is 12.0 Å². The molecular formula is C17H29NS. The summed E-state index contributed by atoms with van der Waals surface area (Å²) in [5.74, 6) is 2.00. The van der Waals surface area contributed by atoms with E-state index in [1.807, 2.05) is 11.8 Å². The number of nitrogens with one attached hydrogen (secondary N) is 1. The smallest absolute Gasteiger partial charge is 0.0221 e. The Bertz CT molecular complexity index is 393. The van der Waals surface area contributed by atoms with Gasteiger partial charge in [0.1, 0.15) is 0 Å². The molecule has 0 heterocycles. The van der Waals surface area contributed by atoms with Crippen molar-refractivity contribution >= 4 is 11.8 Å². The van der Waals surface area contributed by atoms with Crippen molar-refractivity contribution in [3.05, 3.63) is 29.3 Å². The summed E-state index contributed by atoms with van der Waals surface area (Å²) in [7, 11) is 0. The second-order valence-corrected chi connectivity index (χ2v) is 7.60. The van der Waals surface area contributed by atoms with E-state index in [1.165, 1.54) is 28.2 Å². The van der Waals surface area contributed by atoms with Gasteiger partial charge in [-0.1, -0.05) is 38.0 Å². The van der Waals surface area contributed by atoms with Crippen LogP contribution in [0.1, 0.15) is 52.2 Å². The van der Waals surface area contributed by atoms with Gasteiger partial charge in [-0.25, -0.2) is 0 Å². The van der Waals surface area contributed by atoms with Gasteiger partial charge in [0.15, 0.2) is 0 Å². The molecule has 0 spiro atoms. The van der Waals surface area contributed by atoms with Gasteiger partial charge < -0.3 is 5.32 Å². The fourth-order valence-corrected chi connectivity index (χ4v) is 2.88. The van der Waals surface area contributed by atoms with Crippen LogP contribution in [0.15, 0.2) is 23.1 Å². The largest absolute Gasteiger partial charge is 0.308 e. The highest BCUT2D eigenvalue weighted by atomic mass is 32.2. The van der Waals surface area contributed by atoms with Gasteiger partial charge in [0.25, 0.3) is 0 Å². The first kappa shape index (κ1) is 16.6. The van der Waals surface area contributed by atoms with Crippen LogP contribution < -0.4 is 5.32 Å². The van der Waals surface area contributed by atoms with Crippen LogP contribution in [0.3, 0.4) is 0 Å². The van der Waals surface area contributed by atoms with Crippen molar-refractivity contribution < 1.29 is 0 Å². The second-order valence-electron chi connectivity index (χ2n) is 6.54. The minimum atomic E-state index is 0.169. The highest BCUT2D eigenvalue weighted by Gasteiger charge is 2.11. The van der Waals surface area contributed by atoms with Crippen molar-refractivity contribution in [3.8, 4) is 0 Å². The fraction of sp³-hybridized carbons (Fsp3) is 0.647. The molecule has 0 bridgehead atoms. The molecule has 0 amide bonds. The number of thioether (sulfide) groups is 1. The predicted octanol–water partition coefficient (Wildman–Crippen LogP) is 5.02. The molecular weight excluding hydrogens is 250 g/mol. The first-order valence-electron chi connectivity index (χ1n) is 7.29. The normalized spacial score (nSPS) is 13.6. The monoisotopic (exact) mass is 279 g/mol. The van der Waals surface area contributed by atoms with Crippen LogP contribution in [0, 0.1) is 12.8 Å². The van der Waals surface area contributed by atoms with Crippen LogP contribution in [0.2, 0.25) is 0 Å². The lowest BCUT2D eigenvalue weighted by molar-refractivity contribution is 0.422. The standard InChI is InChI=1S/C17H29NS/c1-7-13(2)12-19-16-9-8-14(3)10-15(16)11-18-17(4,5)6/h8-10,13,18H,7,11-12H2,1-6H3. The van der Waals surface area contributed by atoms with Crippen molar-refractivity contribution in [1.29, 1.82) is 0 Å². The van der Waals surface area contributed by atoms with E-state index in [-0.39, 0.29) is 5.54 Å². The molecule has 1 nitrogen and oxygen atoms in total. The number of hydrogen-bond donors (Lipinski definition) is 1. The maximum absolute atomic E-state index is 3.59. The Morgan fingerprint density at radius 3 is 2.53 bits per heavy atom. The molecule has 108 valence electrons. The fourth-order valence-electron chi connectivity index (χ4n) is 1.70. The molecule has 0 aliphatic heterocycles. The summed E-state index contributed by atoms with van der Waals surface area (Å²) >= 11 is 2.00. The molecule has 1 N–H and O–H groups in total. The van der Waals surface area contributed by atoms with Crippen LogP contribution >= 0.6 is 11.8 Å². The summed E-state index contributed by atoms with van der Waals surface area (Å²) in [5.41, 5.74) is 2.95. The van der Waals surface area contributed by atoms with E-state index in [0.29, 0.717) is 0 Å². The van der Waals surface area contributed by atoms with Gasteiger partial charge >= 0.3 is 0 Å². The molecule has 0 radical (unpaired) electrons. The number of aryl methyl sites for hydroxylation is 1. The molecule has 1 aromatic rings. The Morgan fingerprint density at radius 1 is 1.26 bits per heavy atom. The number of benzene rings is 1. The quantitative estimate of drug-likeness (QED) is 0.734. The summed E-state index contributed by atoms with van der Waals surface area (Å²) in [4.78, 5) is 1.43. The van der Waals surface area contributed by atoms with Crippen molar-refractivity contribution in [2.45, 2.75) is 64.9 Å². The zero-order chi connectivity index (χ0) is 14.5. The van der Waals surface area contributed by atoms with Crippen LogP contribution in [0.25, 0.3) is 0 Å². The highest BCUT2D eigenvalue weighted by molar-refractivity contribution is 7.99. The molecule has 0 saturated heterocycles. The van der Waals surface area contributed by atoms with Crippen molar-refractivity contribution in [2.24, 2.45) is 5.92 Å². The molecule has 1 rings (SSSR count). The maximum atomic E-state index is 3.59. The van der Waals surface area contributed by atoms with Gasteiger partial charge in [0.05, 0.1) is 0 Å². The lowest BCUT2D eigenvalue weighted by atomic mass is 10.1. The van der Waals surface area contributed by atoms with E-state index in [1.54, 1.807) is 0 Å². The van der Waals surface area contributed by atoms with Crippen LogP contribution in [-0.2, 0) is 6.54 Å². The maximum Gasteiger partial charge on any atom is 0.0221 e. The van der Waals surface area contributed by atoms with Gasteiger partial charge in [-0.15, -0.1) is 11.8 Å². The van der Waals surface area contributed by atoms with E-state index >= 15 is 0 Å². The third kappa shape index (κ3) is 6.49. The Labute approximate surface area is 123 Å². The van der Waals surface area contributed by atoms with Crippen LogP contribution in [-0.4, -0.2) is 11.3 Å². The average Bonchev–Trinajstić information content (AvgIpc) is 2.33. The molecule has 0 aliphatic rings. The van der Waals surface area contributed by atoms with Crippen molar-refractivity contribution in [2.75, 3.05) is 5.75 Å². The van der Waals surface area contributed by atoms with E-state index in [0.717, 1.165) is 12.5 Å². The third-order valence-corrected chi connectivity index (χ3v) is 4.69. The van der Waals surface area contributed by atoms with E-state index in [9.17, 15) is 0 Å². The molecule has 2 heteroatoms. The van der Waals surface area contributed by atoms with Crippen LogP contribution in [0.5, 0.6) is 0 Å². The number of hydrogen-bond acceptors (Lipinski definition) is 2. The van der Waals surface area contributed by atoms with E-state index < -0.39 is 0 Å². The lowest BCUT2D eigenvalue weighted by Gasteiger charge is -2.22. The minimum Gasteiger partial charge on any atom is -0.308 e. The minimum absolute atomic E-state index is 0.169. The summed E-state index contributed by atoms with van der Waals surface area (Å²) in [6, 6.07) is 6.82. The van der Waals surface area contributed by atoms with Gasteiger partial charge in [-0.2, -0.15) is 0 Å².